The number of hydrogen-bond donors (Lipinski definition) is 0. The monoisotopic (exact) mass is 596 g/mol. The molecule has 8 atom stereocenters. The highest BCUT2D eigenvalue weighted by molar-refractivity contribution is 9.09. The summed E-state index contributed by atoms with van der Waals surface area (Å²) >= 11 is 3.87. The van der Waals surface area contributed by atoms with E-state index in [0.29, 0.717) is 18.4 Å². The Bertz CT molecular complexity index is 1320. The predicted octanol–water partition coefficient (Wildman–Crippen LogP) is 4.82. The van der Waals surface area contributed by atoms with Gasteiger partial charge in [-0.3, -0.25) is 19.2 Å². The Kier molecular flexibility index (Phi) is 6.85. The summed E-state index contributed by atoms with van der Waals surface area (Å²) in [5.41, 5.74) is -2.05. The van der Waals surface area contributed by atoms with E-state index in [0.717, 1.165) is 5.57 Å². The Morgan fingerprint density at radius 2 is 1.79 bits per heavy atom. The van der Waals surface area contributed by atoms with Crippen molar-refractivity contribution in [3.05, 3.63) is 59.7 Å². The molecule has 4 aliphatic rings. The first-order valence-electron chi connectivity index (χ1n) is 13.4. The molecule has 0 aromatic heterocycles. The van der Waals surface area contributed by atoms with Gasteiger partial charge in [0.25, 0.3) is 0 Å². The smallest absolute Gasteiger partial charge is 0.339 e. The lowest BCUT2D eigenvalue weighted by molar-refractivity contribution is -0.177. The van der Waals surface area contributed by atoms with Crippen LogP contribution in [0.3, 0.4) is 0 Å². The van der Waals surface area contributed by atoms with Crippen LogP contribution in [0.5, 0.6) is 0 Å². The van der Waals surface area contributed by atoms with Crippen molar-refractivity contribution in [3.63, 3.8) is 0 Å². The van der Waals surface area contributed by atoms with E-state index in [9.17, 15) is 24.0 Å². The maximum absolute atomic E-state index is 14.2. The number of esters is 2. The number of halogens is 1. The molecule has 4 aliphatic carbocycles. The van der Waals surface area contributed by atoms with Crippen molar-refractivity contribution in [2.75, 3.05) is 6.61 Å². The summed E-state index contributed by atoms with van der Waals surface area (Å²) < 4.78 is 11.4. The fourth-order valence-corrected chi connectivity index (χ4v) is 9.21. The van der Waals surface area contributed by atoms with Crippen LogP contribution in [0.2, 0.25) is 0 Å². The second-order valence-corrected chi connectivity index (χ2v) is 13.1. The minimum Gasteiger partial charge on any atom is -0.458 e. The highest BCUT2D eigenvalue weighted by Gasteiger charge is 2.74. The number of alkyl halides is 1. The molecule has 0 radical (unpaired) electrons. The van der Waals surface area contributed by atoms with Gasteiger partial charge in [-0.2, -0.15) is 0 Å². The number of ketones is 3. The van der Waals surface area contributed by atoms with Crippen molar-refractivity contribution in [1.82, 2.24) is 0 Å². The first-order valence-corrected chi connectivity index (χ1v) is 14.3. The maximum Gasteiger partial charge on any atom is 0.339 e. The fourth-order valence-electron chi connectivity index (χ4n) is 8.19. The van der Waals surface area contributed by atoms with Crippen LogP contribution in [0.15, 0.2) is 54.1 Å². The summed E-state index contributed by atoms with van der Waals surface area (Å²) in [4.78, 5) is 65.5. The van der Waals surface area contributed by atoms with Crippen molar-refractivity contribution in [3.8, 4) is 0 Å². The van der Waals surface area contributed by atoms with E-state index in [4.69, 9.17) is 9.47 Å². The molecule has 3 saturated carbocycles. The van der Waals surface area contributed by atoms with Crippen LogP contribution in [-0.2, 0) is 28.7 Å². The van der Waals surface area contributed by atoms with Gasteiger partial charge in [-0.15, -0.1) is 0 Å². The second-order valence-electron chi connectivity index (χ2n) is 12.0. The molecule has 0 bridgehead atoms. The molecule has 7 nitrogen and oxygen atoms in total. The molecule has 3 fully saturated rings. The number of benzene rings is 1. The minimum absolute atomic E-state index is 0.0233. The topological polar surface area (TPSA) is 104 Å². The molecule has 2 unspecified atom stereocenters. The summed E-state index contributed by atoms with van der Waals surface area (Å²) in [5.74, 6) is -2.99. The van der Waals surface area contributed by atoms with Gasteiger partial charge in [0.15, 0.2) is 18.0 Å². The van der Waals surface area contributed by atoms with Gasteiger partial charge in [0.2, 0.25) is 5.78 Å². The highest BCUT2D eigenvalue weighted by Crippen LogP contribution is 2.69. The molecule has 0 N–H and O–H groups in total. The van der Waals surface area contributed by atoms with Gasteiger partial charge < -0.3 is 9.47 Å². The fraction of sp³-hybridized carbons (Fsp3) is 0.516. The predicted molar refractivity (Wildman–Crippen MR) is 146 cm³/mol. The molecule has 0 amide bonds. The van der Waals surface area contributed by atoms with Crippen LogP contribution >= 0.6 is 15.9 Å². The third-order valence-electron chi connectivity index (χ3n) is 9.87. The van der Waals surface area contributed by atoms with E-state index in [1.807, 2.05) is 26.8 Å². The zero-order valence-electron chi connectivity index (χ0n) is 22.6. The van der Waals surface area contributed by atoms with Gasteiger partial charge in [0.05, 0.1) is 5.56 Å². The molecule has 0 saturated heterocycles. The number of ether oxygens (including phenoxy) is 2. The van der Waals surface area contributed by atoms with Crippen LogP contribution in [0.25, 0.3) is 0 Å². The summed E-state index contributed by atoms with van der Waals surface area (Å²) in [7, 11) is 0. The van der Waals surface area contributed by atoms with Crippen LogP contribution in [-0.4, -0.2) is 46.3 Å². The summed E-state index contributed by atoms with van der Waals surface area (Å²) in [6.45, 7) is 6.46. The quantitative estimate of drug-likeness (QED) is 0.354. The molecule has 0 heterocycles. The first kappa shape index (κ1) is 27.7. The van der Waals surface area contributed by atoms with Gasteiger partial charge in [-0.25, -0.2) is 4.79 Å². The van der Waals surface area contributed by atoms with E-state index in [2.05, 4.69) is 15.9 Å². The van der Waals surface area contributed by atoms with Crippen molar-refractivity contribution >= 4 is 45.2 Å². The minimum atomic E-state index is -1.66. The number of rotatable bonds is 5. The van der Waals surface area contributed by atoms with Crippen LogP contribution < -0.4 is 0 Å². The number of allylic oxidation sites excluding steroid dienone is 4. The van der Waals surface area contributed by atoms with E-state index in [1.54, 1.807) is 42.5 Å². The molecule has 206 valence electrons. The van der Waals surface area contributed by atoms with Crippen LogP contribution in [0, 0.1) is 34.5 Å². The highest BCUT2D eigenvalue weighted by atomic mass is 79.9. The molecule has 1 aromatic carbocycles. The maximum atomic E-state index is 14.2. The van der Waals surface area contributed by atoms with Crippen molar-refractivity contribution in [2.45, 2.75) is 57.4 Å². The zero-order valence-corrected chi connectivity index (χ0v) is 24.2. The normalized spacial score (nSPS) is 38.7. The van der Waals surface area contributed by atoms with Gasteiger partial charge in [0.1, 0.15) is 5.78 Å². The van der Waals surface area contributed by atoms with E-state index < -0.39 is 46.7 Å². The van der Waals surface area contributed by atoms with Crippen molar-refractivity contribution in [2.24, 2.45) is 34.5 Å². The Hall–Kier alpha value is -2.87. The molecule has 0 aliphatic heterocycles. The largest absolute Gasteiger partial charge is 0.458 e. The van der Waals surface area contributed by atoms with Gasteiger partial charge in [-0.1, -0.05) is 66.5 Å². The van der Waals surface area contributed by atoms with Crippen LogP contribution in [0.4, 0.5) is 0 Å². The molecular formula is C31H33BrO7. The molecule has 39 heavy (non-hydrogen) atoms. The molecule has 5 rings (SSSR count). The zero-order chi connectivity index (χ0) is 28.3. The summed E-state index contributed by atoms with van der Waals surface area (Å²) in [6.07, 6.45) is 6.24. The van der Waals surface area contributed by atoms with E-state index in [-0.39, 0.29) is 40.6 Å². The standard InChI is InChI=1S/C31H33BrO7/c1-17-12-22-26-23(32)14-20-13-21(34)10-11-29(20,3)27(26)24(35)15-30(22,4)31(17,25(36)16-38-18(2)33)39-28(37)19-8-6-5-7-9-19/h5-11,13,17,22-23,26-27H,12,14-16H2,1-4H3/t17?,22-,23?,26+,27-,29-,30-,31-/m0/s1. The Morgan fingerprint density at radius 1 is 1.10 bits per heavy atom. The summed E-state index contributed by atoms with van der Waals surface area (Å²) in [5, 5.41) is 0. The average Bonchev–Trinajstić information content (AvgIpc) is 3.10. The van der Waals surface area contributed by atoms with Crippen molar-refractivity contribution < 1.29 is 33.4 Å². The number of fused-ring (bicyclic) bond motifs is 5. The first-order chi connectivity index (χ1) is 18.3. The number of Topliss-reactive ketones (excluding diaryl/α,β-unsaturated/α-hetero) is 2. The molecule has 0 spiro atoms. The summed E-state index contributed by atoms with van der Waals surface area (Å²) in [6, 6.07) is 8.45. The van der Waals surface area contributed by atoms with E-state index >= 15 is 0 Å². The lowest BCUT2D eigenvalue weighted by Crippen LogP contribution is -2.64. The number of carbonyl (C=O) groups is 5. The molecular weight excluding hydrogens is 564 g/mol. The van der Waals surface area contributed by atoms with Gasteiger partial charge >= 0.3 is 11.9 Å². The van der Waals surface area contributed by atoms with Crippen LogP contribution in [0.1, 0.15) is 57.3 Å². The Balaban J connectivity index is 1.61. The number of hydrogen-bond acceptors (Lipinski definition) is 7. The molecule has 1 aromatic rings. The SMILES string of the molecule is CC(=O)OCC(=O)[C@@]1(OC(=O)c2ccccc2)C(C)C[C@H]2[C@@H]3C(Br)CC4=CC(=O)C=C[C@]4(C)[C@H]3C(=O)C[C@@]21C. The Morgan fingerprint density at radius 3 is 2.46 bits per heavy atom. The lowest BCUT2D eigenvalue weighted by Gasteiger charge is -2.58. The third kappa shape index (κ3) is 4.09. The van der Waals surface area contributed by atoms with Gasteiger partial charge in [0, 0.05) is 40.8 Å². The third-order valence-corrected chi connectivity index (χ3v) is 10.8. The number of carbonyl (C=O) groups excluding carboxylic acids is 5. The van der Waals surface area contributed by atoms with Gasteiger partial charge in [-0.05, 0) is 49.0 Å². The van der Waals surface area contributed by atoms with E-state index in [1.165, 1.54) is 6.92 Å². The Labute approximate surface area is 236 Å². The lowest BCUT2D eigenvalue weighted by atomic mass is 9.46. The molecule has 8 heteroatoms. The second kappa shape index (κ2) is 9.65. The average molecular weight is 598 g/mol. The van der Waals surface area contributed by atoms with Crippen molar-refractivity contribution in [1.29, 1.82) is 0 Å².